The van der Waals surface area contributed by atoms with Crippen molar-refractivity contribution in [3.8, 4) is 0 Å². The van der Waals surface area contributed by atoms with Gasteiger partial charge in [-0.1, -0.05) is 20.3 Å². The molecular formula is C7H17NO. The van der Waals surface area contributed by atoms with E-state index in [1.54, 1.807) is 7.11 Å². The van der Waals surface area contributed by atoms with Gasteiger partial charge in [0.2, 0.25) is 0 Å². The van der Waals surface area contributed by atoms with Crippen LogP contribution in [0.1, 0.15) is 27.2 Å². The summed E-state index contributed by atoms with van der Waals surface area (Å²) in [6.07, 6.45) is 1.19. The van der Waals surface area contributed by atoms with Gasteiger partial charge >= 0.3 is 0 Å². The third-order valence-corrected chi connectivity index (χ3v) is 1.80. The maximum Gasteiger partial charge on any atom is 0.0572 e. The van der Waals surface area contributed by atoms with Gasteiger partial charge in [0.15, 0.2) is 0 Å². The summed E-state index contributed by atoms with van der Waals surface area (Å²) in [5.74, 6) is 0.685. The van der Waals surface area contributed by atoms with Crippen LogP contribution in [0.5, 0.6) is 0 Å². The molecule has 0 aliphatic rings. The van der Waals surface area contributed by atoms with Crippen LogP contribution in [0.4, 0.5) is 0 Å². The predicted octanol–water partition coefficient (Wildman–Crippen LogP) is 1.57. The summed E-state index contributed by atoms with van der Waals surface area (Å²) in [5, 5.41) is 0. The van der Waals surface area contributed by atoms with Gasteiger partial charge in [0.05, 0.1) is 7.11 Å². The molecule has 56 valence electrons. The molecule has 0 aliphatic carbocycles. The first kappa shape index (κ1) is 8.92. The largest absolute Gasteiger partial charge is 0.305 e. The minimum absolute atomic E-state index is 0.458. The maximum absolute atomic E-state index is 4.78. The summed E-state index contributed by atoms with van der Waals surface area (Å²) in [5.41, 5.74) is 2.90. The van der Waals surface area contributed by atoms with Gasteiger partial charge in [0.1, 0.15) is 0 Å². The van der Waals surface area contributed by atoms with E-state index in [4.69, 9.17) is 4.84 Å². The minimum Gasteiger partial charge on any atom is -0.305 e. The number of rotatable bonds is 4. The standard InChI is InChI=1S/C7H17NO/c1-5-6(2)7(3)8-9-4/h6-8H,5H2,1-4H3. The summed E-state index contributed by atoms with van der Waals surface area (Å²) in [4.78, 5) is 4.78. The molecule has 2 nitrogen and oxygen atoms in total. The lowest BCUT2D eigenvalue weighted by atomic mass is 10.0. The van der Waals surface area contributed by atoms with E-state index in [1.165, 1.54) is 6.42 Å². The van der Waals surface area contributed by atoms with Crippen LogP contribution in [0.2, 0.25) is 0 Å². The second-order valence-electron chi connectivity index (χ2n) is 2.50. The van der Waals surface area contributed by atoms with Crippen molar-refractivity contribution in [1.29, 1.82) is 0 Å². The molecule has 2 atom stereocenters. The van der Waals surface area contributed by atoms with E-state index in [-0.39, 0.29) is 0 Å². The molecule has 0 fully saturated rings. The molecule has 0 bridgehead atoms. The molecular weight excluding hydrogens is 114 g/mol. The van der Waals surface area contributed by atoms with E-state index >= 15 is 0 Å². The minimum atomic E-state index is 0.458. The molecule has 0 radical (unpaired) electrons. The highest BCUT2D eigenvalue weighted by atomic mass is 16.6. The van der Waals surface area contributed by atoms with Gasteiger partial charge in [-0.25, -0.2) is 0 Å². The van der Waals surface area contributed by atoms with Gasteiger partial charge in [-0.15, -0.1) is 0 Å². The monoisotopic (exact) mass is 131 g/mol. The zero-order valence-electron chi connectivity index (χ0n) is 6.77. The molecule has 2 unspecified atom stereocenters. The average Bonchev–Trinajstić information content (AvgIpc) is 1.87. The fraction of sp³-hybridized carbons (Fsp3) is 1.00. The van der Waals surface area contributed by atoms with Crippen LogP contribution < -0.4 is 5.48 Å². The van der Waals surface area contributed by atoms with E-state index in [0.29, 0.717) is 12.0 Å². The Morgan fingerprint density at radius 2 is 2.00 bits per heavy atom. The molecule has 0 aliphatic heterocycles. The lowest BCUT2D eigenvalue weighted by Crippen LogP contribution is -2.30. The first-order valence-electron chi connectivity index (χ1n) is 3.50. The Hall–Kier alpha value is -0.0800. The van der Waals surface area contributed by atoms with Crippen LogP contribution in [0.3, 0.4) is 0 Å². The van der Waals surface area contributed by atoms with Crippen LogP contribution in [0, 0.1) is 5.92 Å². The Labute approximate surface area is 57.5 Å². The van der Waals surface area contributed by atoms with Crippen molar-refractivity contribution < 1.29 is 4.84 Å². The first-order valence-corrected chi connectivity index (χ1v) is 3.50. The Bertz CT molecular complexity index is 65.9. The maximum atomic E-state index is 4.78. The summed E-state index contributed by atoms with van der Waals surface area (Å²) in [6, 6.07) is 0.458. The van der Waals surface area contributed by atoms with Crippen molar-refractivity contribution in [1.82, 2.24) is 5.48 Å². The smallest absolute Gasteiger partial charge is 0.0572 e. The second kappa shape index (κ2) is 4.77. The van der Waals surface area contributed by atoms with Crippen molar-refractivity contribution in [2.24, 2.45) is 5.92 Å². The highest BCUT2D eigenvalue weighted by Crippen LogP contribution is 2.05. The Kier molecular flexibility index (Phi) is 4.72. The van der Waals surface area contributed by atoms with Crippen molar-refractivity contribution in [2.75, 3.05) is 7.11 Å². The zero-order chi connectivity index (χ0) is 7.28. The van der Waals surface area contributed by atoms with Gasteiger partial charge in [0.25, 0.3) is 0 Å². The van der Waals surface area contributed by atoms with Gasteiger partial charge in [-0.05, 0) is 12.8 Å². The molecule has 0 heterocycles. The number of nitrogens with one attached hydrogen (secondary N) is 1. The molecule has 1 N–H and O–H groups in total. The summed E-state index contributed by atoms with van der Waals surface area (Å²) in [6.45, 7) is 6.51. The van der Waals surface area contributed by atoms with E-state index in [1.807, 2.05) is 0 Å². The second-order valence-corrected chi connectivity index (χ2v) is 2.50. The highest BCUT2D eigenvalue weighted by molar-refractivity contribution is 4.61. The summed E-state index contributed by atoms with van der Waals surface area (Å²) < 4.78 is 0. The molecule has 0 aromatic carbocycles. The number of hydrogen-bond acceptors (Lipinski definition) is 2. The Morgan fingerprint density at radius 1 is 1.44 bits per heavy atom. The van der Waals surface area contributed by atoms with E-state index in [2.05, 4.69) is 26.3 Å². The lowest BCUT2D eigenvalue weighted by Gasteiger charge is -2.17. The number of hydroxylamine groups is 1. The van der Waals surface area contributed by atoms with Gasteiger partial charge < -0.3 is 4.84 Å². The fourth-order valence-corrected chi connectivity index (χ4v) is 0.656. The SMILES string of the molecule is CCC(C)C(C)NOC. The molecule has 0 aromatic rings. The van der Waals surface area contributed by atoms with Gasteiger partial charge in [-0.2, -0.15) is 5.48 Å². The lowest BCUT2D eigenvalue weighted by molar-refractivity contribution is 0.0494. The zero-order valence-corrected chi connectivity index (χ0v) is 6.77. The van der Waals surface area contributed by atoms with Crippen LogP contribution in [-0.2, 0) is 4.84 Å². The van der Waals surface area contributed by atoms with E-state index < -0.39 is 0 Å². The molecule has 0 spiro atoms. The Morgan fingerprint density at radius 3 is 2.33 bits per heavy atom. The number of hydrogen-bond donors (Lipinski definition) is 1. The van der Waals surface area contributed by atoms with Crippen LogP contribution in [0.25, 0.3) is 0 Å². The summed E-state index contributed by atoms with van der Waals surface area (Å²) >= 11 is 0. The third kappa shape index (κ3) is 3.49. The predicted molar refractivity (Wildman–Crippen MR) is 39.1 cm³/mol. The highest BCUT2D eigenvalue weighted by Gasteiger charge is 2.07. The van der Waals surface area contributed by atoms with Crippen LogP contribution in [-0.4, -0.2) is 13.2 Å². The van der Waals surface area contributed by atoms with E-state index in [0.717, 1.165) is 0 Å². The molecule has 0 saturated heterocycles. The van der Waals surface area contributed by atoms with Crippen LogP contribution in [0.15, 0.2) is 0 Å². The molecule has 2 heteroatoms. The average molecular weight is 131 g/mol. The topological polar surface area (TPSA) is 21.3 Å². The first-order chi connectivity index (χ1) is 4.22. The quantitative estimate of drug-likeness (QED) is 0.585. The van der Waals surface area contributed by atoms with E-state index in [9.17, 15) is 0 Å². The van der Waals surface area contributed by atoms with Crippen molar-refractivity contribution in [2.45, 2.75) is 33.2 Å². The molecule has 0 rings (SSSR count). The van der Waals surface area contributed by atoms with Gasteiger partial charge in [-0.3, -0.25) is 0 Å². The molecule has 0 amide bonds. The van der Waals surface area contributed by atoms with Crippen LogP contribution >= 0.6 is 0 Å². The third-order valence-electron chi connectivity index (χ3n) is 1.80. The van der Waals surface area contributed by atoms with Gasteiger partial charge in [0, 0.05) is 6.04 Å². The summed E-state index contributed by atoms with van der Waals surface area (Å²) in [7, 11) is 1.65. The molecule has 9 heavy (non-hydrogen) atoms. The van der Waals surface area contributed by atoms with Crippen molar-refractivity contribution in [3.63, 3.8) is 0 Å². The molecule has 0 aromatic heterocycles. The van der Waals surface area contributed by atoms with Crippen molar-refractivity contribution >= 4 is 0 Å². The fourth-order valence-electron chi connectivity index (χ4n) is 0.656. The molecule has 0 saturated carbocycles. The normalized spacial score (nSPS) is 17.3. The Balaban J connectivity index is 3.32. The van der Waals surface area contributed by atoms with Crippen molar-refractivity contribution in [3.05, 3.63) is 0 Å².